The first kappa shape index (κ1) is 15.8. The van der Waals surface area contributed by atoms with Gasteiger partial charge >= 0.3 is 21.1 Å². The van der Waals surface area contributed by atoms with Crippen LogP contribution >= 0.6 is 0 Å². The van der Waals surface area contributed by atoms with Gasteiger partial charge in [-0.05, 0) is 0 Å². The first-order valence-electron chi connectivity index (χ1n) is 1.63. The molecule has 0 unspecified atom stereocenters. The molecule has 0 saturated heterocycles. The minimum absolute atomic E-state index is 0. The van der Waals surface area contributed by atoms with Crippen LogP contribution in [0.25, 0.3) is 0 Å². The summed E-state index contributed by atoms with van der Waals surface area (Å²) in [6.45, 7) is 2.36. The molecule has 9 heavy (non-hydrogen) atoms. The number of methoxy groups -OCH3 is 2. The van der Waals surface area contributed by atoms with Crippen LogP contribution < -0.4 is 0 Å². The smallest absolute Gasteiger partial charge is 0.655 e. The summed E-state index contributed by atoms with van der Waals surface area (Å²) in [5.41, 5.74) is 0. The summed E-state index contributed by atoms with van der Waals surface area (Å²) in [5, 5.41) is 0. The minimum Gasteiger partial charge on any atom is -0.655 e. The van der Waals surface area contributed by atoms with Gasteiger partial charge in [-0.25, -0.2) is 0 Å². The van der Waals surface area contributed by atoms with Crippen molar-refractivity contribution in [3.05, 3.63) is 0 Å². The maximum Gasteiger partial charge on any atom is 2.00 e. The first-order chi connectivity index (χ1) is 3.83. The molecule has 0 amide bonds. The number of hydrogen-bond acceptors (Lipinski definition) is 4. The maximum atomic E-state index is 8.83. The Labute approximate surface area is 67.8 Å². The number of ether oxygens (including phenoxy) is 2. The van der Waals surface area contributed by atoms with Gasteiger partial charge in [0.1, 0.15) is 0 Å². The van der Waals surface area contributed by atoms with Gasteiger partial charge < -0.3 is 19.1 Å². The molecule has 0 fully saturated rings. The second kappa shape index (κ2) is 25.5. The fourth-order valence-electron chi connectivity index (χ4n) is 0. The molecule has 0 atom stereocenters. The molecule has 4 nitrogen and oxygen atoms in total. The zero-order valence-corrected chi connectivity index (χ0v) is 7.97. The Hall–Kier alpha value is -0.372. The van der Waals surface area contributed by atoms with E-state index in [1.807, 2.05) is 0 Å². The van der Waals surface area contributed by atoms with Crippen molar-refractivity contribution in [2.45, 2.75) is 0 Å². The zero-order chi connectivity index (χ0) is 6.83. The second-order valence-electron chi connectivity index (χ2n) is 0.575. The van der Waals surface area contributed by atoms with E-state index >= 15 is 0 Å². The third kappa shape index (κ3) is 91.1. The summed E-state index contributed by atoms with van der Waals surface area (Å²) in [6, 6.07) is 0. The van der Waals surface area contributed by atoms with E-state index in [1.165, 1.54) is 27.2 Å². The molecule has 0 aromatic carbocycles. The van der Waals surface area contributed by atoms with E-state index < -0.39 is 0 Å². The van der Waals surface area contributed by atoms with E-state index in [-0.39, 0.29) is 21.1 Å². The van der Waals surface area contributed by atoms with Crippen molar-refractivity contribution in [2.24, 2.45) is 0 Å². The Kier molecular flexibility index (Phi) is 44.8. The van der Waals surface area contributed by atoms with Crippen LogP contribution in [0.2, 0.25) is 0 Å². The van der Waals surface area contributed by atoms with Crippen LogP contribution in [0.3, 0.4) is 0 Å². The van der Waals surface area contributed by atoms with Crippen LogP contribution in [-0.2, 0) is 40.1 Å². The average Bonchev–Trinajstić information content (AvgIpc) is 1.88. The first-order valence-corrected chi connectivity index (χ1v) is 1.63. The van der Waals surface area contributed by atoms with Crippen molar-refractivity contribution in [2.75, 3.05) is 14.2 Å². The summed E-state index contributed by atoms with van der Waals surface area (Å²) in [5.74, 6) is 0. The molecule has 0 aliphatic heterocycles. The number of rotatable bonds is 2. The van der Waals surface area contributed by atoms with Crippen molar-refractivity contribution >= 4 is 12.9 Å². The van der Waals surface area contributed by atoms with Gasteiger partial charge in [-0.2, -0.15) is 0 Å². The molecule has 0 saturated carbocycles. The van der Waals surface area contributed by atoms with Crippen LogP contribution in [-0.4, -0.2) is 27.2 Å². The molecule has 0 aliphatic rings. The fraction of sp³-hybridized carbons (Fsp3) is 0.500. The van der Waals surface area contributed by atoms with Crippen LogP contribution in [0.5, 0.6) is 0 Å². The third-order valence-corrected chi connectivity index (χ3v) is 0.167. The predicted molar refractivity (Wildman–Crippen MR) is 25.4 cm³/mol. The van der Waals surface area contributed by atoms with Gasteiger partial charge in [0.15, 0.2) is 0 Å². The molecule has 0 bridgehead atoms. The zero-order valence-electron chi connectivity index (χ0n) is 5.04. The summed E-state index contributed by atoms with van der Waals surface area (Å²) in [6.07, 6.45) is 0. The van der Waals surface area contributed by atoms with Crippen LogP contribution in [0.1, 0.15) is 0 Å². The van der Waals surface area contributed by atoms with Crippen molar-refractivity contribution in [3.63, 3.8) is 0 Å². The summed E-state index contributed by atoms with van der Waals surface area (Å²) in [4.78, 5) is 17.7. The summed E-state index contributed by atoms with van der Waals surface area (Å²) >= 11 is 0. The standard InChI is InChI=1S/2C2H3O2.W/c2*1-4-2-3;/h2*1H3;/q2*-1;+2. The van der Waals surface area contributed by atoms with E-state index in [9.17, 15) is 0 Å². The Morgan fingerprint density at radius 3 is 1.11 bits per heavy atom. The van der Waals surface area contributed by atoms with Gasteiger partial charge in [-0.1, -0.05) is 12.9 Å². The minimum atomic E-state index is 0. The fourth-order valence-corrected chi connectivity index (χ4v) is 0. The molecule has 0 N–H and O–H groups in total. The Morgan fingerprint density at radius 1 is 1.00 bits per heavy atom. The number of hydrogen-bond donors (Lipinski definition) is 0. The Morgan fingerprint density at radius 2 is 1.11 bits per heavy atom. The molecule has 52 valence electrons. The molecule has 0 radical (unpaired) electrons. The van der Waals surface area contributed by atoms with E-state index in [4.69, 9.17) is 9.59 Å². The van der Waals surface area contributed by atoms with Crippen molar-refractivity contribution in [1.29, 1.82) is 0 Å². The predicted octanol–water partition coefficient (Wildman–Crippen LogP) is -0.603. The molecular formula is C4H6O4W. The summed E-state index contributed by atoms with van der Waals surface area (Å²) < 4.78 is 7.47. The van der Waals surface area contributed by atoms with Gasteiger partial charge in [0, 0.05) is 14.2 Å². The third-order valence-electron chi connectivity index (χ3n) is 0.167. The van der Waals surface area contributed by atoms with Gasteiger partial charge in [0.25, 0.3) is 0 Å². The Bertz CT molecular complexity index is 48.5. The van der Waals surface area contributed by atoms with E-state index in [2.05, 4.69) is 9.47 Å². The second-order valence-corrected chi connectivity index (χ2v) is 0.575. The van der Waals surface area contributed by atoms with Gasteiger partial charge in [-0.3, -0.25) is 0 Å². The molecule has 0 spiro atoms. The quantitative estimate of drug-likeness (QED) is 0.639. The van der Waals surface area contributed by atoms with Crippen molar-refractivity contribution < 1.29 is 40.1 Å². The molecular weight excluding hydrogens is 296 g/mol. The maximum absolute atomic E-state index is 8.83. The van der Waals surface area contributed by atoms with Gasteiger partial charge in [0.2, 0.25) is 0 Å². The van der Waals surface area contributed by atoms with Crippen LogP contribution in [0.4, 0.5) is 0 Å². The number of carbonyl (C=O) groups excluding carboxylic acids is 2. The molecule has 0 aliphatic carbocycles. The average molecular weight is 302 g/mol. The van der Waals surface area contributed by atoms with Crippen LogP contribution in [0.15, 0.2) is 0 Å². The topological polar surface area (TPSA) is 52.6 Å². The van der Waals surface area contributed by atoms with Crippen molar-refractivity contribution in [3.8, 4) is 0 Å². The van der Waals surface area contributed by atoms with E-state index in [0.717, 1.165) is 0 Å². The van der Waals surface area contributed by atoms with Crippen LogP contribution in [0, 0.1) is 0 Å². The molecule has 0 heterocycles. The molecule has 0 rings (SSSR count). The summed E-state index contributed by atoms with van der Waals surface area (Å²) in [7, 11) is 2.51. The van der Waals surface area contributed by atoms with E-state index in [0.29, 0.717) is 0 Å². The van der Waals surface area contributed by atoms with E-state index in [1.54, 1.807) is 0 Å². The van der Waals surface area contributed by atoms with Gasteiger partial charge in [0.05, 0.1) is 0 Å². The van der Waals surface area contributed by atoms with Crippen molar-refractivity contribution in [1.82, 2.24) is 0 Å². The molecule has 0 aromatic rings. The normalized spacial score (nSPS) is 4.67. The van der Waals surface area contributed by atoms with Gasteiger partial charge in [-0.15, -0.1) is 0 Å². The molecule has 5 heteroatoms. The molecule has 0 aromatic heterocycles. The monoisotopic (exact) mass is 302 g/mol. The largest absolute Gasteiger partial charge is 2.00 e. The Balaban J connectivity index is -0.0000000720. The SMILES string of the molecule is CO[C-]=O.CO[C-]=O.[W+2].